The van der Waals surface area contributed by atoms with Crippen LogP contribution in [0.15, 0.2) is 6.07 Å². The molecule has 0 radical (unpaired) electrons. The Balaban J connectivity index is 2.67. The molecule has 0 bridgehead atoms. The molecule has 1 aromatic rings. The average Bonchev–Trinajstić information content (AvgIpc) is 2.75. The Morgan fingerprint density at radius 2 is 2.05 bits per heavy atom. The number of aryl methyl sites for hydroxylation is 2. The second kappa shape index (κ2) is 6.93. The van der Waals surface area contributed by atoms with Gasteiger partial charge >= 0.3 is 6.18 Å². The van der Waals surface area contributed by atoms with Crippen LogP contribution in [0.1, 0.15) is 38.1 Å². The molecule has 1 heterocycles. The van der Waals surface area contributed by atoms with E-state index in [1.807, 2.05) is 24.6 Å². The third-order valence-corrected chi connectivity index (χ3v) is 3.22. The summed E-state index contributed by atoms with van der Waals surface area (Å²) in [5.74, 6) is 0. The van der Waals surface area contributed by atoms with Gasteiger partial charge in [-0.2, -0.15) is 18.3 Å². The van der Waals surface area contributed by atoms with Gasteiger partial charge in [0.05, 0.1) is 5.69 Å². The Morgan fingerprint density at radius 1 is 1.37 bits per heavy atom. The number of halogens is 3. The van der Waals surface area contributed by atoms with Crippen LogP contribution in [0.3, 0.4) is 0 Å². The number of nitrogens with one attached hydrogen (secondary N) is 1. The molecule has 0 aliphatic rings. The topological polar surface area (TPSA) is 29.9 Å². The van der Waals surface area contributed by atoms with Crippen molar-refractivity contribution in [3.8, 4) is 0 Å². The summed E-state index contributed by atoms with van der Waals surface area (Å²) in [4.78, 5) is 0. The minimum absolute atomic E-state index is 0.0936. The lowest BCUT2D eigenvalue weighted by Gasteiger charge is -2.17. The Morgan fingerprint density at radius 3 is 2.53 bits per heavy atom. The number of aromatic nitrogens is 2. The van der Waals surface area contributed by atoms with Crippen LogP contribution < -0.4 is 5.32 Å². The first-order valence-corrected chi connectivity index (χ1v) is 6.69. The van der Waals surface area contributed by atoms with Crippen molar-refractivity contribution < 1.29 is 13.2 Å². The van der Waals surface area contributed by atoms with E-state index in [0.29, 0.717) is 6.42 Å². The lowest BCUT2D eigenvalue weighted by atomic mass is 10.1. The van der Waals surface area contributed by atoms with Gasteiger partial charge in [0.2, 0.25) is 0 Å². The first-order chi connectivity index (χ1) is 8.89. The van der Waals surface area contributed by atoms with Crippen LogP contribution >= 0.6 is 0 Å². The molecule has 19 heavy (non-hydrogen) atoms. The van der Waals surface area contributed by atoms with Crippen molar-refractivity contribution >= 4 is 0 Å². The van der Waals surface area contributed by atoms with Crippen LogP contribution in [0, 0.1) is 0 Å². The van der Waals surface area contributed by atoms with Gasteiger partial charge in [0.1, 0.15) is 0 Å². The molecule has 0 aliphatic heterocycles. The molecule has 3 nitrogen and oxygen atoms in total. The summed E-state index contributed by atoms with van der Waals surface area (Å²) in [5, 5.41) is 7.37. The Bertz CT molecular complexity index is 385. The molecule has 0 aromatic carbocycles. The van der Waals surface area contributed by atoms with Gasteiger partial charge < -0.3 is 5.32 Å². The van der Waals surface area contributed by atoms with E-state index in [9.17, 15) is 13.2 Å². The highest BCUT2D eigenvalue weighted by Crippen LogP contribution is 2.23. The molecule has 6 heteroatoms. The zero-order valence-electron chi connectivity index (χ0n) is 11.7. The number of nitrogens with zero attached hydrogens (tertiary/aromatic N) is 2. The van der Waals surface area contributed by atoms with Gasteiger partial charge in [-0.25, -0.2) is 0 Å². The summed E-state index contributed by atoms with van der Waals surface area (Å²) in [6.45, 7) is 4.75. The summed E-state index contributed by atoms with van der Waals surface area (Å²) >= 11 is 0. The number of likely N-dealkylation sites (N-methyl/N-ethyl adjacent to an activating group) is 1. The maximum absolute atomic E-state index is 12.2. The molecule has 1 aromatic heterocycles. The van der Waals surface area contributed by atoms with E-state index < -0.39 is 12.6 Å². The fraction of sp³-hybridized carbons (Fsp3) is 0.769. The molecular formula is C13H22F3N3. The van der Waals surface area contributed by atoms with Crippen LogP contribution in [-0.2, 0) is 19.4 Å². The predicted molar refractivity (Wildman–Crippen MR) is 69.1 cm³/mol. The summed E-state index contributed by atoms with van der Waals surface area (Å²) in [7, 11) is 1.70. The minimum atomic E-state index is -4.09. The molecule has 0 amide bonds. The van der Waals surface area contributed by atoms with Crippen molar-refractivity contribution in [3.05, 3.63) is 17.5 Å². The van der Waals surface area contributed by atoms with Crippen molar-refractivity contribution in [2.75, 3.05) is 7.05 Å². The van der Waals surface area contributed by atoms with E-state index in [1.54, 1.807) is 7.05 Å². The molecule has 0 aliphatic carbocycles. The van der Waals surface area contributed by atoms with Crippen LogP contribution in [0.4, 0.5) is 13.2 Å². The first-order valence-electron chi connectivity index (χ1n) is 6.69. The standard InChI is InChI=1S/C13H22F3N3/c1-4-10-8-12(19(5-2)18-10)9-11(17-3)6-7-13(14,15)16/h8,11,17H,4-7,9H2,1-3H3. The minimum Gasteiger partial charge on any atom is -0.317 e. The zero-order valence-corrected chi connectivity index (χ0v) is 11.7. The maximum Gasteiger partial charge on any atom is 0.389 e. The fourth-order valence-electron chi connectivity index (χ4n) is 2.06. The monoisotopic (exact) mass is 277 g/mol. The molecule has 1 atom stereocenters. The quantitative estimate of drug-likeness (QED) is 0.830. The van der Waals surface area contributed by atoms with Gasteiger partial charge in [-0.15, -0.1) is 0 Å². The highest BCUT2D eigenvalue weighted by Gasteiger charge is 2.28. The molecule has 0 saturated carbocycles. The van der Waals surface area contributed by atoms with Crippen LogP contribution in [0.2, 0.25) is 0 Å². The zero-order chi connectivity index (χ0) is 14.5. The molecule has 0 fully saturated rings. The van der Waals surface area contributed by atoms with Gasteiger partial charge in [-0.3, -0.25) is 4.68 Å². The van der Waals surface area contributed by atoms with Crippen molar-refractivity contribution in [1.29, 1.82) is 0 Å². The second-order valence-corrected chi connectivity index (χ2v) is 4.64. The maximum atomic E-state index is 12.2. The molecule has 0 spiro atoms. The summed E-state index contributed by atoms with van der Waals surface area (Å²) < 4.78 is 38.6. The highest BCUT2D eigenvalue weighted by molar-refractivity contribution is 5.12. The van der Waals surface area contributed by atoms with Gasteiger partial charge in [-0.05, 0) is 32.9 Å². The summed E-state index contributed by atoms with van der Waals surface area (Å²) in [6.07, 6.45) is -3.33. The van der Waals surface area contributed by atoms with Crippen molar-refractivity contribution in [2.45, 2.75) is 58.3 Å². The molecule has 1 unspecified atom stereocenters. The lowest BCUT2D eigenvalue weighted by molar-refractivity contribution is -0.136. The third kappa shape index (κ3) is 5.22. The number of hydrogen-bond acceptors (Lipinski definition) is 2. The van der Waals surface area contributed by atoms with E-state index in [1.165, 1.54) is 0 Å². The normalized spacial score (nSPS) is 13.8. The SMILES string of the molecule is CCc1cc(CC(CCC(F)(F)F)NC)n(CC)n1. The van der Waals surface area contributed by atoms with Crippen molar-refractivity contribution in [1.82, 2.24) is 15.1 Å². The molecule has 0 saturated heterocycles. The molecule has 1 N–H and O–H groups in total. The largest absolute Gasteiger partial charge is 0.389 e. The molecule has 110 valence electrons. The van der Waals surface area contributed by atoms with Gasteiger partial charge in [0.15, 0.2) is 0 Å². The molecule has 1 rings (SSSR count). The van der Waals surface area contributed by atoms with Gasteiger partial charge in [0.25, 0.3) is 0 Å². The summed E-state index contributed by atoms with van der Waals surface area (Å²) in [5.41, 5.74) is 1.99. The van der Waals surface area contributed by atoms with Crippen LogP contribution in [0.25, 0.3) is 0 Å². The van der Waals surface area contributed by atoms with Crippen molar-refractivity contribution in [2.24, 2.45) is 0 Å². The first kappa shape index (κ1) is 16.0. The fourth-order valence-corrected chi connectivity index (χ4v) is 2.06. The van der Waals surface area contributed by atoms with Crippen LogP contribution in [0.5, 0.6) is 0 Å². The Hall–Kier alpha value is -1.04. The summed E-state index contributed by atoms with van der Waals surface area (Å²) in [6, 6.07) is 1.81. The van der Waals surface area contributed by atoms with E-state index >= 15 is 0 Å². The van der Waals surface area contributed by atoms with Gasteiger partial charge in [-0.1, -0.05) is 6.92 Å². The van der Waals surface area contributed by atoms with Gasteiger partial charge in [0, 0.05) is 31.1 Å². The van der Waals surface area contributed by atoms with Crippen molar-refractivity contribution in [3.63, 3.8) is 0 Å². The molecular weight excluding hydrogens is 255 g/mol. The number of alkyl halides is 3. The smallest absolute Gasteiger partial charge is 0.317 e. The number of rotatable bonds is 7. The van der Waals surface area contributed by atoms with E-state index in [2.05, 4.69) is 10.4 Å². The Kier molecular flexibility index (Phi) is 5.85. The number of hydrogen-bond donors (Lipinski definition) is 1. The second-order valence-electron chi connectivity index (χ2n) is 4.64. The highest BCUT2D eigenvalue weighted by atomic mass is 19.4. The Labute approximate surface area is 112 Å². The van der Waals surface area contributed by atoms with E-state index in [-0.39, 0.29) is 12.5 Å². The predicted octanol–water partition coefficient (Wildman–Crippen LogP) is 2.94. The lowest BCUT2D eigenvalue weighted by Crippen LogP contribution is -2.30. The third-order valence-electron chi connectivity index (χ3n) is 3.22. The van der Waals surface area contributed by atoms with E-state index in [4.69, 9.17) is 0 Å². The van der Waals surface area contributed by atoms with E-state index in [0.717, 1.165) is 24.4 Å². The average molecular weight is 277 g/mol. The van der Waals surface area contributed by atoms with Crippen LogP contribution in [-0.4, -0.2) is 29.0 Å².